The number of nitrogens with one attached hydrogen (secondary N) is 1. The highest BCUT2D eigenvalue weighted by Gasteiger charge is 2.29. The van der Waals surface area contributed by atoms with E-state index in [1.807, 2.05) is 0 Å². The molecular weight excluding hydrogens is 440 g/mol. The summed E-state index contributed by atoms with van der Waals surface area (Å²) < 4.78 is 42.6. The summed E-state index contributed by atoms with van der Waals surface area (Å²) in [4.78, 5) is 10.8. The molecular formula is C20H24N4O7S. The van der Waals surface area contributed by atoms with Crippen molar-refractivity contribution < 1.29 is 27.6 Å². The lowest BCUT2D eigenvalue weighted by atomic mass is 10.1. The van der Waals surface area contributed by atoms with E-state index in [-0.39, 0.29) is 36.9 Å². The Morgan fingerprint density at radius 1 is 1.16 bits per heavy atom. The zero-order valence-electron chi connectivity index (χ0n) is 17.9. The highest BCUT2D eigenvalue weighted by molar-refractivity contribution is 7.89. The number of rotatable bonds is 8. The van der Waals surface area contributed by atoms with Crippen LogP contribution in [0.5, 0.6) is 11.5 Å². The van der Waals surface area contributed by atoms with Crippen LogP contribution in [-0.4, -0.2) is 63.9 Å². The molecule has 0 spiro atoms. The molecule has 3 rings (SSSR count). The fraction of sp³-hybridized carbons (Fsp3) is 0.350. The number of benzene rings is 2. The SMILES string of the molecule is COc1ccc(C(C)=NNc2ccc(S(=O)(=O)N3CCOCC3)cc2[N+](=O)[O-])c(OC)c1. The number of hydrazone groups is 1. The van der Waals surface area contributed by atoms with Crippen LogP contribution >= 0.6 is 0 Å². The topological polar surface area (TPSA) is 133 Å². The van der Waals surface area contributed by atoms with Gasteiger partial charge in [-0.15, -0.1) is 0 Å². The molecule has 0 aromatic heterocycles. The normalized spacial score (nSPS) is 15.3. The smallest absolute Gasteiger partial charge is 0.295 e. The minimum absolute atomic E-state index is 0.0581. The lowest BCUT2D eigenvalue weighted by Crippen LogP contribution is -2.40. The van der Waals surface area contributed by atoms with Gasteiger partial charge in [-0.3, -0.25) is 15.5 Å². The monoisotopic (exact) mass is 464 g/mol. The standard InChI is InChI=1S/C20H24N4O7S/c1-14(17-6-4-15(29-2)12-20(17)30-3)21-22-18-7-5-16(13-19(18)24(25)26)32(27,28)23-8-10-31-11-9-23/h4-7,12-13,22H,8-11H2,1-3H3. The second-order valence-electron chi connectivity index (χ2n) is 6.83. The Morgan fingerprint density at radius 3 is 2.50 bits per heavy atom. The quantitative estimate of drug-likeness (QED) is 0.358. The fourth-order valence-electron chi connectivity index (χ4n) is 3.16. The first kappa shape index (κ1) is 23.4. The lowest BCUT2D eigenvalue weighted by molar-refractivity contribution is -0.384. The minimum Gasteiger partial charge on any atom is -0.497 e. The van der Waals surface area contributed by atoms with Crippen LogP contribution in [0.1, 0.15) is 12.5 Å². The molecule has 0 saturated carbocycles. The van der Waals surface area contributed by atoms with Gasteiger partial charge in [-0.05, 0) is 31.2 Å². The van der Waals surface area contributed by atoms with Gasteiger partial charge in [-0.2, -0.15) is 9.41 Å². The first-order valence-electron chi connectivity index (χ1n) is 9.67. The van der Waals surface area contributed by atoms with Crippen LogP contribution in [0.3, 0.4) is 0 Å². The third kappa shape index (κ3) is 4.98. The van der Waals surface area contributed by atoms with Crippen molar-refractivity contribution >= 4 is 27.1 Å². The molecule has 0 radical (unpaired) electrons. The highest BCUT2D eigenvalue weighted by atomic mass is 32.2. The molecule has 12 heteroatoms. The Balaban J connectivity index is 1.89. The molecule has 11 nitrogen and oxygen atoms in total. The number of nitro benzene ring substituents is 1. The van der Waals surface area contributed by atoms with Gasteiger partial charge < -0.3 is 14.2 Å². The van der Waals surface area contributed by atoms with E-state index < -0.39 is 20.6 Å². The molecule has 2 aromatic rings. The summed E-state index contributed by atoms with van der Waals surface area (Å²) in [5.41, 5.74) is 3.48. The first-order chi connectivity index (χ1) is 15.3. The summed E-state index contributed by atoms with van der Waals surface area (Å²) in [5.74, 6) is 1.13. The minimum atomic E-state index is -3.87. The second-order valence-corrected chi connectivity index (χ2v) is 8.77. The predicted octanol–water partition coefficient (Wildman–Crippen LogP) is 2.47. The molecule has 0 amide bonds. The number of anilines is 1. The van der Waals surface area contributed by atoms with Crippen molar-refractivity contribution in [3.05, 3.63) is 52.1 Å². The summed E-state index contributed by atoms with van der Waals surface area (Å²) in [5, 5.41) is 15.8. The summed E-state index contributed by atoms with van der Waals surface area (Å²) in [6.07, 6.45) is 0. The summed E-state index contributed by atoms with van der Waals surface area (Å²) in [6.45, 7) is 2.67. The highest BCUT2D eigenvalue weighted by Crippen LogP contribution is 2.30. The van der Waals surface area contributed by atoms with Crippen LogP contribution in [0.15, 0.2) is 46.4 Å². The molecule has 1 aliphatic heterocycles. The molecule has 1 heterocycles. The van der Waals surface area contributed by atoms with Gasteiger partial charge in [0.15, 0.2) is 0 Å². The Hall–Kier alpha value is -3.22. The summed E-state index contributed by atoms with van der Waals surface area (Å²) in [7, 11) is -0.816. The van der Waals surface area contributed by atoms with E-state index in [1.54, 1.807) is 32.2 Å². The molecule has 2 aromatic carbocycles. The number of sulfonamides is 1. The van der Waals surface area contributed by atoms with Crippen molar-refractivity contribution in [3.8, 4) is 11.5 Å². The Labute approximate surface area is 185 Å². The van der Waals surface area contributed by atoms with Gasteiger partial charge in [-0.25, -0.2) is 8.42 Å². The number of ether oxygens (including phenoxy) is 3. The molecule has 0 bridgehead atoms. The Morgan fingerprint density at radius 2 is 1.88 bits per heavy atom. The van der Waals surface area contributed by atoms with Gasteiger partial charge in [0.25, 0.3) is 5.69 Å². The summed E-state index contributed by atoms with van der Waals surface area (Å²) >= 11 is 0. The maximum atomic E-state index is 12.8. The molecule has 172 valence electrons. The van der Waals surface area contributed by atoms with Gasteiger partial charge in [0, 0.05) is 30.8 Å². The van der Waals surface area contributed by atoms with E-state index in [0.29, 0.717) is 22.8 Å². The van der Waals surface area contributed by atoms with E-state index in [4.69, 9.17) is 14.2 Å². The maximum absolute atomic E-state index is 12.8. The predicted molar refractivity (Wildman–Crippen MR) is 118 cm³/mol. The van der Waals surface area contributed by atoms with Gasteiger partial charge in [-0.1, -0.05) is 0 Å². The lowest BCUT2D eigenvalue weighted by Gasteiger charge is -2.26. The van der Waals surface area contributed by atoms with E-state index in [0.717, 1.165) is 6.07 Å². The van der Waals surface area contributed by atoms with E-state index in [1.165, 1.54) is 23.5 Å². The van der Waals surface area contributed by atoms with Gasteiger partial charge in [0.05, 0.1) is 43.0 Å². The number of methoxy groups -OCH3 is 2. The van der Waals surface area contributed by atoms with Gasteiger partial charge in [0.1, 0.15) is 17.2 Å². The molecule has 0 aliphatic carbocycles. The first-order valence-corrected chi connectivity index (χ1v) is 11.1. The molecule has 0 unspecified atom stereocenters. The number of morpholine rings is 1. The van der Waals surface area contributed by atoms with Crippen LogP contribution in [0.4, 0.5) is 11.4 Å². The second kappa shape index (κ2) is 9.94. The van der Waals surface area contributed by atoms with E-state index in [9.17, 15) is 18.5 Å². The molecule has 1 saturated heterocycles. The average molecular weight is 465 g/mol. The van der Waals surface area contributed by atoms with Crippen molar-refractivity contribution in [2.24, 2.45) is 5.10 Å². The van der Waals surface area contributed by atoms with Crippen molar-refractivity contribution in [2.45, 2.75) is 11.8 Å². The molecule has 1 fully saturated rings. The van der Waals surface area contributed by atoms with E-state index >= 15 is 0 Å². The van der Waals surface area contributed by atoms with E-state index in [2.05, 4.69) is 10.5 Å². The molecule has 0 atom stereocenters. The maximum Gasteiger partial charge on any atom is 0.295 e. The number of nitro groups is 1. The van der Waals surface area contributed by atoms with Crippen LogP contribution in [0.2, 0.25) is 0 Å². The fourth-order valence-corrected chi connectivity index (χ4v) is 4.58. The third-order valence-corrected chi connectivity index (χ3v) is 6.81. The Kier molecular flexibility index (Phi) is 7.28. The van der Waals surface area contributed by atoms with Crippen molar-refractivity contribution in [2.75, 3.05) is 45.9 Å². The number of nitrogens with zero attached hydrogens (tertiary/aromatic N) is 3. The Bertz CT molecular complexity index is 1130. The third-order valence-electron chi connectivity index (χ3n) is 4.92. The van der Waals surface area contributed by atoms with Crippen molar-refractivity contribution in [3.63, 3.8) is 0 Å². The summed E-state index contributed by atoms with van der Waals surface area (Å²) in [6, 6.07) is 8.87. The zero-order valence-corrected chi connectivity index (χ0v) is 18.7. The van der Waals surface area contributed by atoms with Crippen LogP contribution < -0.4 is 14.9 Å². The van der Waals surface area contributed by atoms with Crippen LogP contribution in [0.25, 0.3) is 0 Å². The number of hydrogen-bond donors (Lipinski definition) is 1. The zero-order chi connectivity index (χ0) is 23.3. The van der Waals surface area contributed by atoms with Gasteiger partial charge in [0.2, 0.25) is 10.0 Å². The average Bonchev–Trinajstić information content (AvgIpc) is 2.82. The van der Waals surface area contributed by atoms with Crippen LogP contribution in [-0.2, 0) is 14.8 Å². The van der Waals surface area contributed by atoms with Crippen LogP contribution in [0, 0.1) is 10.1 Å². The molecule has 1 N–H and O–H groups in total. The van der Waals surface area contributed by atoms with Gasteiger partial charge >= 0.3 is 0 Å². The molecule has 32 heavy (non-hydrogen) atoms. The van der Waals surface area contributed by atoms with Crippen molar-refractivity contribution in [1.29, 1.82) is 0 Å². The molecule has 1 aliphatic rings. The number of hydrogen-bond acceptors (Lipinski definition) is 9. The largest absolute Gasteiger partial charge is 0.497 e. The van der Waals surface area contributed by atoms with Crippen molar-refractivity contribution in [1.82, 2.24) is 4.31 Å².